The number of halogens is 1. The van der Waals surface area contributed by atoms with Crippen LogP contribution < -0.4 is 15.5 Å². The third-order valence-corrected chi connectivity index (χ3v) is 7.60. The first kappa shape index (κ1) is 21.8. The number of aromatic amines is 1. The zero-order valence-corrected chi connectivity index (χ0v) is 19.5. The summed E-state index contributed by atoms with van der Waals surface area (Å²) in [6.07, 6.45) is 2.50. The van der Waals surface area contributed by atoms with E-state index in [1.807, 2.05) is 10.5 Å². The third kappa shape index (κ3) is 3.73. The van der Waals surface area contributed by atoms with Gasteiger partial charge in [-0.3, -0.25) is 9.50 Å². The molecule has 3 saturated carbocycles. The number of nitrogens with zero attached hydrogens (tertiary/aromatic N) is 5. The van der Waals surface area contributed by atoms with Crippen molar-refractivity contribution in [2.75, 3.05) is 43.1 Å². The lowest BCUT2D eigenvalue weighted by Crippen LogP contribution is -2.68. The number of ether oxygens (including phenoxy) is 3. The first-order valence-corrected chi connectivity index (χ1v) is 12.3. The van der Waals surface area contributed by atoms with Crippen LogP contribution in [0.15, 0.2) is 24.5 Å². The molecular formula is C23H27FN8O4. The van der Waals surface area contributed by atoms with Crippen LogP contribution in [0.2, 0.25) is 0 Å². The van der Waals surface area contributed by atoms with Crippen LogP contribution in [0.4, 0.5) is 26.8 Å². The molecule has 0 aromatic carbocycles. The van der Waals surface area contributed by atoms with Gasteiger partial charge in [-0.1, -0.05) is 0 Å². The standard InChI is InChI=1S/C23H27FN8O4/c24-19-15(36-22(33)28-23-9-13(10-23)11-23)12-35-20(19)14-7-16(30-29-14)26-21-27-18(31-3-5-34-6-4-31)8-17-25-1-2-32(17)21/h1-2,7-8,13,15,19-20H,3-6,9-12H2,(H,28,33)(H2,26,27,29,30)/t13?,15-,19+,20-,23?/m1/s1. The second kappa shape index (κ2) is 8.30. The van der Waals surface area contributed by atoms with Crippen molar-refractivity contribution in [3.63, 3.8) is 0 Å². The Balaban J connectivity index is 1.04. The molecule has 3 aliphatic carbocycles. The van der Waals surface area contributed by atoms with Crippen molar-refractivity contribution >= 4 is 29.3 Å². The van der Waals surface area contributed by atoms with Gasteiger partial charge in [0.05, 0.1) is 25.5 Å². The molecule has 0 radical (unpaired) electrons. The van der Waals surface area contributed by atoms with Crippen LogP contribution >= 0.6 is 0 Å². The number of hydrogen-bond acceptors (Lipinski definition) is 9. The molecule has 3 aromatic rings. The topological polar surface area (TPSA) is 131 Å². The fourth-order valence-corrected chi connectivity index (χ4v) is 5.57. The van der Waals surface area contributed by atoms with Gasteiger partial charge in [0.2, 0.25) is 5.95 Å². The number of aromatic nitrogens is 5. The Morgan fingerprint density at radius 2 is 2.08 bits per heavy atom. The minimum Gasteiger partial charge on any atom is -0.441 e. The van der Waals surface area contributed by atoms with Gasteiger partial charge < -0.3 is 29.7 Å². The summed E-state index contributed by atoms with van der Waals surface area (Å²) in [5, 5.41) is 13.2. The highest BCUT2D eigenvalue weighted by Crippen LogP contribution is 2.57. The maximum absolute atomic E-state index is 15.2. The van der Waals surface area contributed by atoms with Crippen LogP contribution in [0.1, 0.15) is 31.1 Å². The first-order chi connectivity index (χ1) is 17.6. The van der Waals surface area contributed by atoms with Crippen molar-refractivity contribution in [3.05, 3.63) is 30.2 Å². The van der Waals surface area contributed by atoms with Crippen molar-refractivity contribution in [2.45, 2.75) is 43.2 Å². The summed E-state index contributed by atoms with van der Waals surface area (Å²) in [4.78, 5) is 23.5. The SMILES string of the molecule is O=C(NC12CC(C1)C2)O[C@@H]1CO[C@H](c2cc(Nc3nc(N4CCOCC4)cc4nccn34)n[nH]2)[C@H]1F. The lowest BCUT2D eigenvalue weighted by atomic mass is 9.50. The Morgan fingerprint density at radius 1 is 1.25 bits per heavy atom. The van der Waals surface area contributed by atoms with Gasteiger partial charge in [-0.25, -0.2) is 14.2 Å². The number of alkyl carbamates (subject to hydrolysis) is 1. The number of fused-ring (bicyclic) bond motifs is 1. The lowest BCUT2D eigenvalue weighted by Gasteiger charge is -2.61. The summed E-state index contributed by atoms with van der Waals surface area (Å²) < 4.78 is 33.4. The molecule has 2 saturated heterocycles. The number of amides is 1. The average Bonchev–Trinajstić information content (AvgIpc) is 3.57. The summed E-state index contributed by atoms with van der Waals surface area (Å²) in [7, 11) is 0. The number of imidazole rings is 1. The quantitative estimate of drug-likeness (QED) is 0.468. The smallest absolute Gasteiger partial charge is 0.408 e. The van der Waals surface area contributed by atoms with Crippen LogP contribution in [0.3, 0.4) is 0 Å². The maximum atomic E-state index is 15.2. The average molecular weight is 499 g/mol. The number of carbonyl (C=O) groups is 1. The van der Waals surface area contributed by atoms with Crippen LogP contribution in [0.5, 0.6) is 0 Å². The van der Waals surface area contributed by atoms with E-state index in [1.165, 1.54) is 0 Å². The van der Waals surface area contributed by atoms with Gasteiger partial charge in [-0.2, -0.15) is 10.1 Å². The molecule has 3 atom stereocenters. The summed E-state index contributed by atoms with van der Waals surface area (Å²) in [5.74, 6) is 2.49. The van der Waals surface area contributed by atoms with Gasteiger partial charge in [0.15, 0.2) is 18.1 Å². The van der Waals surface area contributed by atoms with Crippen LogP contribution in [-0.4, -0.2) is 81.4 Å². The predicted molar refractivity (Wildman–Crippen MR) is 125 cm³/mol. The molecule has 5 heterocycles. The molecule has 36 heavy (non-hydrogen) atoms. The van der Waals surface area contributed by atoms with Gasteiger partial charge in [-0.05, 0) is 25.2 Å². The number of rotatable bonds is 6. The van der Waals surface area contributed by atoms with E-state index in [0.29, 0.717) is 30.7 Å². The van der Waals surface area contributed by atoms with Gasteiger partial charge in [-0.15, -0.1) is 0 Å². The molecule has 8 rings (SSSR count). The second-order valence-corrected chi connectivity index (χ2v) is 10.1. The predicted octanol–water partition coefficient (Wildman–Crippen LogP) is 2.09. The molecule has 12 nitrogen and oxygen atoms in total. The van der Waals surface area contributed by atoms with Crippen molar-refractivity contribution in [3.8, 4) is 0 Å². The molecule has 0 spiro atoms. The van der Waals surface area contributed by atoms with Crippen molar-refractivity contribution < 1.29 is 23.4 Å². The zero-order valence-electron chi connectivity index (χ0n) is 19.5. The third-order valence-electron chi connectivity index (χ3n) is 7.60. The largest absolute Gasteiger partial charge is 0.441 e. The molecule has 2 bridgehead atoms. The molecule has 190 valence electrons. The zero-order chi connectivity index (χ0) is 24.3. The van der Waals surface area contributed by atoms with Crippen LogP contribution in [-0.2, 0) is 14.2 Å². The fraction of sp³-hybridized carbons (Fsp3) is 0.565. The minimum absolute atomic E-state index is 0.0184. The van der Waals surface area contributed by atoms with E-state index in [4.69, 9.17) is 19.2 Å². The Kier molecular flexibility index (Phi) is 5.03. The van der Waals surface area contributed by atoms with Crippen molar-refractivity contribution in [1.29, 1.82) is 0 Å². The Bertz CT molecular complexity index is 1270. The second-order valence-electron chi connectivity index (χ2n) is 10.1. The maximum Gasteiger partial charge on any atom is 0.408 e. The molecule has 5 aliphatic rings. The number of H-pyrrole nitrogens is 1. The normalized spacial score (nSPS) is 31.1. The Labute approximate surface area is 205 Å². The Morgan fingerprint density at radius 3 is 2.86 bits per heavy atom. The summed E-state index contributed by atoms with van der Waals surface area (Å²) in [6.45, 7) is 2.76. The number of carbonyl (C=O) groups excluding carboxylic acids is 1. The molecule has 3 N–H and O–H groups in total. The first-order valence-electron chi connectivity index (χ1n) is 12.3. The number of anilines is 3. The molecule has 3 aromatic heterocycles. The van der Waals surface area contributed by atoms with E-state index in [9.17, 15) is 4.79 Å². The Hall–Kier alpha value is -3.45. The monoisotopic (exact) mass is 498 g/mol. The molecule has 2 aliphatic heterocycles. The van der Waals surface area contributed by atoms with E-state index < -0.39 is 24.5 Å². The molecule has 0 unspecified atom stereocenters. The lowest BCUT2D eigenvalue weighted by molar-refractivity contribution is -0.0528. The number of hydrogen-bond donors (Lipinski definition) is 3. The molecule has 1 amide bonds. The molecule has 5 fully saturated rings. The van der Waals surface area contributed by atoms with Crippen LogP contribution in [0.25, 0.3) is 5.65 Å². The summed E-state index contributed by atoms with van der Waals surface area (Å²) >= 11 is 0. The number of nitrogens with one attached hydrogen (secondary N) is 3. The minimum atomic E-state index is -1.51. The van der Waals surface area contributed by atoms with E-state index in [0.717, 1.165) is 49.7 Å². The van der Waals surface area contributed by atoms with Gasteiger partial charge in [0, 0.05) is 43.2 Å². The van der Waals surface area contributed by atoms with Crippen molar-refractivity contribution in [1.82, 2.24) is 29.9 Å². The van der Waals surface area contributed by atoms with Gasteiger partial charge in [0.25, 0.3) is 0 Å². The highest BCUT2D eigenvalue weighted by molar-refractivity contribution is 5.69. The van der Waals surface area contributed by atoms with Gasteiger partial charge in [0.1, 0.15) is 17.6 Å². The summed E-state index contributed by atoms with van der Waals surface area (Å²) in [6, 6.07) is 3.60. The summed E-state index contributed by atoms with van der Waals surface area (Å²) in [5.41, 5.74) is 1.07. The fourth-order valence-electron chi connectivity index (χ4n) is 5.57. The van der Waals surface area contributed by atoms with E-state index in [-0.39, 0.29) is 12.1 Å². The van der Waals surface area contributed by atoms with E-state index in [2.05, 4.69) is 30.7 Å². The van der Waals surface area contributed by atoms with E-state index in [1.54, 1.807) is 18.5 Å². The molecule has 13 heteroatoms. The number of alkyl halides is 1. The molecular weight excluding hydrogens is 471 g/mol. The van der Waals surface area contributed by atoms with Crippen LogP contribution in [0, 0.1) is 5.92 Å². The highest BCUT2D eigenvalue weighted by Gasteiger charge is 2.58. The number of morpholine rings is 1. The van der Waals surface area contributed by atoms with E-state index >= 15 is 4.39 Å². The highest BCUT2D eigenvalue weighted by atomic mass is 19.1. The van der Waals surface area contributed by atoms with Gasteiger partial charge >= 0.3 is 6.09 Å². The van der Waals surface area contributed by atoms with Crippen molar-refractivity contribution in [2.24, 2.45) is 5.92 Å².